The summed E-state index contributed by atoms with van der Waals surface area (Å²) in [6, 6.07) is 1.85. The van der Waals surface area contributed by atoms with Gasteiger partial charge in [-0.25, -0.2) is 9.97 Å². The van der Waals surface area contributed by atoms with E-state index >= 15 is 0 Å². The highest BCUT2D eigenvalue weighted by molar-refractivity contribution is 5.66. The van der Waals surface area contributed by atoms with Crippen molar-refractivity contribution >= 4 is 5.97 Å². The van der Waals surface area contributed by atoms with Gasteiger partial charge in [-0.05, 0) is 26.8 Å². The number of aliphatic carboxylic acids is 1. The average molecular weight is 237 g/mol. The molecule has 0 saturated carbocycles. The van der Waals surface area contributed by atoms with Crippen molar-refractivity contribution in [2.75, 3.05) is 6.54 Å². The quantitative estimate of drug-likeness (QED) is 0.841. The first-order chi connectivity index (χ1) is 7.89. The largest absolute Gasteiger partial charge is 0.481 e. The second-order valence-corrected chi connectivity index (χ2v) is 4.94. The third-order valence-electron chi connectivity index (χ3n) is 2.54. The maximum atomic E-state index is 10.6. The number of aromatic nitrogens is 2. The van der Waals surface area contributed by atoms with Crippen molar-refractivity contribution in [3.8, 4) is 0 Å². The summed E-state index contributed by atoms with van der Waals surface area (Å²) in [5, 5.41) is 8.74. The lowest BCUT2D eigenvalue weighted by atomic mass is 10.1. The Morgan fingerprint density at radius 2 is 2.18 bits per heavy atom. The summed E-state index contributed by atoms with van der Waals surface area (Å²) in [6.07, 6.45) is 3.34. The number of carboxylic acid groups (broad SMARTS) is 1. The summed E-state index contributed by atoms with van der Waals surface area (Å²) < 4.78 is 0. The Kier molecular flexibility index (Phi) is 4.57. The standard InChI is InChI=1S/C12H19N3O2/c1-12(2,3)15(7-5-11(16)17)8-10-4-6-13-9-14-10/h4,6,9H,5,7-8H2,1-3H3,(H,16,17). The van der Waals surface area contributed by atoms with Gasteiger partial charge in [0.05, 0.1) is 12.1 Å². The van der Waals surface area contributed by atoms with Gasteiger partial charge in [0.15, 0.2) is 0 Å². The zero-order chi connectivity index (χ0) is 12.9. The Balaban J connectivity index is 2.68. The van der Waals surface area contributed by atoms with Crippen LogP contribution in [0.5, 0.6) is 0 Å². The third-order valence-corrected chi connectivity index (χ3v) is 2.54. The fourth-order valence-corrected chi connectivity index (χ4v) is 1.49. The SMILES string of the molecule is CC(C)(C)N(CCC(=O)O)Cc1ccncn1. The summed E-state index contributed by atoms with van der Waals surface area (Å²) in [7, 11) is 0. The molecule has 1 heterocycles. The molecule has 0 spiro atoms. The second kappa shape index (κ2) is 5.72. The minimum atomic E-state index is -0.776. The molecule has 1 aromatic heterocycles. The molecule has 94 valence electrons. The van der Waals surface area contributed by atoms with Crippen LogP contribution in [0.3, 0.4) is 0 Å². The van der Waals surface area contributed by atoms with E-state index in [1.54, 1.807) is 6.20 Å². The molecule has 0 bridgehead atoms. The maximum Gasteiger partial charge on any atom is 0.304 e. The third kappa shape index (κ3) is 4.91. The average Bonchev–Trinajstić information content (AvgIpc) is 2.23. The number of hydrogen-bond donors (Lipinski definition) is 1. The molecule has 0 aromatic carbocycles. The van der Waals surface area contributed by atoms with Crippen LogP contribution in [0.25, 0.3) is 0 Å². The first kappa shape index (κ1) is 13.6. The minimum Gasteiger partial charge on any atom is -0.481 e. The van der Waals surface area contributed by atoms with E-state index in [2.05, 4.69) is 35.6 Å². The van der Waals surface area contributed by atoms with Gasteiger partial charge in [-0.1, -0.05) is 0 Å². The van der Waals surface area contributed by atoms with Crippen LogP contribution >= 0.6 is 0 Å². The zero-order valence-electron chi connectivity index (χ0n) is 10.6. The van der Waals surface area contributed by atoms with Gasteiger partial charge in [0.25, 0.3) is 0 Å². The Morgan fingerprint density at radius 1 is 1.47 bits per heavy atom. The van der Waals surface area contributed by atoms with E-state index in [1.165, 1.54) is 6.33 Å². The lowest BCUT2D eigenvalue weighted by molar-refractivity contribution is -0.137. The van der Waals surface area contributed by atoms with Crippen LogP contribution in [-0.4, -0.2) is 38.0 Å². The van der Waals surface area contributed by atoms with E-state index in [1.807, 2.05) is 6.07 Å². The van der Waals surface area contributed by atoms with Crippen LogP contribution < -0.4 is 0 Å². The molecule has 0 aliphatic heterocycles. The van der Waals surface area contributed by atoms with Gasteiger partial charge in [0, 0.05) is 24.8 Å². The van der Waals surface area contributed by atoms with Crippen LogP contribution in [-0.2, 0) is 11.3 Å². The van der Waals surface area contributed by atoms with E-state index in [0.29, 0.717) is 13.1 Å². The second-order valence-electron chi connectivity index (χ2n) is 4.94. The van der Waals surface area contributed by atoms with Gasteiger partial charge < -0.3 is 5.11 Å². The molecule has 17 heavy (non-hydrogen) atoms. The lowest BCUT2D eigenvalue weighted by Gasteiger charge is -2.35. The topological polar surface area (TPSA) is 66.3 Å². The summed E-state index contributed by atoms with van der Waals surface area (Å²) in [5.74, 6) is -0.776. The molecule has 0 aliphatic rings. The highest BCUT2D eigenvalue weighted by atomic mass is 16.4. The predicted molar refractivity (Wildman–Crippen MR) is 64.4 cm³/mol. The Bertz CT molecular complexity index is 360. The van der Waals surface area contributed by atoms with Gasteiger partial charge >= 0.3 is 5.97 Å². The molecule has 0 atom stereocenters. The van der Waals surface area contributed by atoms with Gasteiger partial charge in [-0.3, -0.25) is 9.69 Å². The Morgan fingerprint density at radius 3 is 2.65 bits per heavy atom. The monoisotopic (exact) mass is 237 g/mol. The molecular weight excluding hydrogens is 218 g/mol. The zero-order valence-corrected chi connectivity index (χ0v) is 10.6. The highest BCUT2D eigenvalue weighted by Crippen LogP contribution is 2.16. The van der Waals surface area contributed by atoms with Crippen molar-refractivity contribution in [3.63, 3.8) is 0 Å². The summed E-state index contributed by atoms with van der Waals surface area (Å²) in [4.78, 5) is 20.8. The molecule has 5 nitrogen and oxygen atoms in total. The van der Waals surface area contributed by atoms with E-state index in [0.717, 1.165) is 5.69 Å². The highest BCUT2D eigenvalue weighted by Gasteiger charge is 2.22. The number of hydrogen-bond acceptors (Lipinski definition) is 4. The van der Waals surface area contributed by atoms with Gasteiger partial charge in [-0.2, -0.15) is 0 Å². The molecule has 1 N–H and O–H groups in total. The van der Waals surface area contributed by atoms with Crippen molar-refractivity contribution < 1.29 is 9.90 Å². The van der Waals surface area contributed by atoms with E-state index in [4.69, 9.17) is 5.11 Å². The van der Waals surface area contributed by atoms with Crippen LogP contribution in [0.2, 0.25) is 0 Å². The minimum absolute atomic E-state index is 0.0829. The molecule has 0 aliphatic carbocycles. The van der Waals surface area contributed by atoms with Gasteiger partial charge in [0.2, 0.25) is 0 Å². The molecule has 1 aromatic rings. The molecule has 5 heteroatoms. The molecule has 0 fully saturated rings. The molecule has 0 unspecified atom stereocenters. The lowest BCUT2D eigenvalue weighted by Crippen LogP contribution is -2.42. The molecule has 0 saturated heterocycles. The summed E-state index contributed by atoms with van der Waals surface area (Å²) in [5.41, 5.74) is 0.820. The van der Waals surface area contributed by atoms with Gasteiger partial charge in [-0.15, -0.1) is 0 Å². The molecule has 0 radical (unpaired) electrons. The van der Waals surface area contributed by atoms with Crippen LogP contribution in [0, 0.1) is 0 Å². The Hall–Kier alpha value is -1.49. The Labute approximate surface area is 102 Å². The van der Waals surface area contributed by atoms with Crippen LogP contribution in [0.15, 0.2) is 18.6 Å². The van der Waals surface area contributed by atoms with Crippen molar-refractivity contribution in [1.29, 1.82) is 0 Å². The van der Waals surface area contributed by atoms with E-state index in [-0.39, 0.29) is 12.0 Å². The first-order valence-electron chi connectivity index (χ1n) is 5.61. The van der Waals surface area contributed by atoms with Crippen molar-refractivity contribution in [3.05, 3.63) is 24.3 Å². The number of carboxylic acids is 1. The van der Waals surface area contributed by atoms with Crippen molar-refractivity contribution in [2.45, 2.75) is 39.3 Å². The first-order valence-corrected chi connectivity index (χ1v) is 5.61. The summed E-state index contributed by atoms with van der Waals surface area (Å²) >= 11 is 0. The predicted octanol–water partition coefficient (Wildman–Crippen LogP) is 1.55. The molecule has 0 amide bonds. The van der Waals surface area contributed by atoms with Crippen molar-refractivity contribution in [1.82, 2.24) is 14.9 Å². The van der Waals surface area contributed by atoms with Crippen molar-refractivity contribution in [2.24, 2.45) is 0 Å². The smallest absolute Gasteiger partial charge is 0.304 e. The fourth-order valence-electron chi connectivity index (χ4n) is 1.49. The van der Waals surface area contributed by atoms with Gasteiger partial charge in [0.1, 0.15) is 6.33 Å². The maximum absolute atomic E-state index is 10.6. The van der Waals surface area contributed by atoms with Crippen LogP contribution in [0.1, 0.15) is 32.9 Å². The molecular formula is C12H19N3O2. The normalized spacial score (nSPS) is 11.8. The number of carbonyl (C=O) groups is 1. The number of rotatable bonds is 5. The van der Waals surface area contributed by atoms with E-state index < -0.39 is 5.97 Å². The van der Waals surface area contributed by atoms with E-state index in [9.17, 15) is 4.79 Å². The number of nitrogens with zero attached hydrogens (tertiary/aromatic N) is 3. The molecule has 1 rings (SSSR count). The van der Waals surface area contributed by atoms with Crippen LogP contribution in [0.4, 0.5) is 0 Å². The summed E-state index contributed by atoms with van der Waals surface area (Å²) in [6.45, 7) is 7.35. The fraction of sp³-hybridized carbons (Fsp3) is 0.583.